The molecule has 0 aliphatic carbocycles. The molecule has 0 spiro atoms. The van der Waals surface area contributed by atoms with Crippen LogP contribution in [0.4, 0.5) is 0 Å². The molecule has 6 nitrogen and oxygen atoms in total. The summed E-state index contributed by atoms with van der Waals surface area (Å²) in [6.45, 7) is 11.5. The van der Waals surface area contributed by atoms with Crippen LogP contribution in [0.3, 0.4) is 0 Å². The SMILES string of the molecule is CCCCOc1ccc(C2(c3ccc(OCCCC)cc3)C=Cc3c4c(c5ccccc5c3O2)OC(c2ccc(OCCCC)cc2)(c2ccc(OCCCC)cc2)C=C4)cc1. The molecule has 0 bridgehead atoms. The number of hydrogen-bond acceptors (Lipinski definition) is 6. The summed E-state index contributed by atoms with van der Waals surface area (Å²) >= 11 is 0. The lowest BCUT2D eigenvalue weighted by Gasteiger charge is -2.40. The first kappa shape index (κ1) is 42.5. The van der Waals surface area contributed by atoms with Gasteiger partial charge in [0.15, 0.2) is 11.2 Å². The van der Waals surface area contributed by atoms with Crippen LogP contribution in [0.2, 0.25) is 0 Å². The lowest BCUT2D eigenvalue weighted by molar-refractivity contribution is 0.157. The predicted octanol–water partition coefficient (Wildman–Crippen LogP) is 14.3. The molecule has 0 unspecified atom stereocenters. The van der Waals surface area contributed by atoms with Crippen molar-refractivity contribution in [2.24, 2.45) is 0 Å². The van der Waals surface area contributed by atoms with Gasteiger partial charge in [-0.1, -0.05) is 126 Å². The van der Waals surface area contributed by atoms with E-state index in [0.717, 1.165) is 130 Å². The first-order chi connectivity index (χ1) is 30.5. The Bertz CT molecular complexity index is 2170. The maximum absolute atomic E-state index is 7.49. The summed E-state index contributed by atoms with van der Waals surface area (Å²) in [7, 11) is 0. The molecule has 6 aromatic rings. The molecule has 2 aliphatic rings. The van der Waals surface area contributed by atoms with Crippen molar-refractivity contribution in [3.05, 3.63) is 167 Å². The third-order valence-corrected chi connectivity index (χ3v) is 11.9. The van der Waals surface area contributed by atoms with E-state index in [4.69, 9.17) is 28.4 Å². The summed E-state index contributed by atoms with van der Waals surface area (Å²) < 4.78 is 39.3. The van der Waals surface area contributed by atoms with Crippen LogP contribution >= 0.6 is 0 Å². The topological polar surface area (TPSA) is 55.4 Å². The molecule has 0 radical (unpaired) electrons. The van der Waals surface area contributed by atoms with Gasteiger partial charge in [0.05, 0.1) is 26.4 Å². The van der Waals surface area contributed by atoms with Crippen molar-refractivity contribution < 1.29 is 28.4 Å². The molecule has 0 saturated carbocycles. The van der Waals surface area contributed by atoms with E-state index in [0.29, 0.717) is 26.4 Å². The van der Waals surface area contributed by atoms with Crippen molar-refractivity contribution >= 4 is 22.9 Å². The van der Waals surface area contributed by atoms with Crippen LogP contribution in [-0.2, 0) is 11.2 Å². The fourth-order valence-corrected chi connectivity index (χ4v) is 8.24. The van der Waals surface area contributed by atoms with Crippen LogP contribution < -0.4 is 28.4 Å². The average molecular weight is 829 g/mol. The summed E-state index contributed by atoms with van der Waals surface area (Å²) in [6.07, 6.45) is 17.2. The van der Waals surface area contributed by atoms with Crippen LogP contribution in [0, 0.1) is 0 Å². The Morgan fingerprint density at radius 1 is 0.371 bits per heavy atom. The second-order valence-corrected chi connectivity index (χ2v) is 16.3. The zero-order valence-corrected chi connectivity index (χ0v) is 36.8. The lowest BCUT2D eigenvalue weighted by Crippen LogP contribution is -2.36. The first-order valence-electron chi connectivity index (χ1n) is 22.8. The Labute approximate surface area is 368 Å². The molecule has 62 heavy (non-hydrogen) atoms. The summed E-state index contributed by atoms with van der Waals surface area (Å²) in [5.74, 6) is 4.99. The van der Waals surface area contributed by atoms with E-state index in [-0.39, 0.29) is 0 Å². The zero-order chi connectivity index (χ0) is 42.8. The smallest absolute Gasteiger partial charge is 0.178 e. The molecule has 0 amide bonds. The second-order valence-electron chi connectivity index (χ2n) is 16.3. The highest BCUT2D eigenvalue weighted by molar-refractivity contribution is 6.02. The van der Waals surface area contributed by atoms with Crippen molar-refractivity contribution in [2.75, 3.05) is 26.4 Å². The van der Waals surface area contributed by atoms with Gasteiger partial charge in [-0.05, 0) is 98.5 Å². The van der Waals surface area contributed by atoms with Gasteiger partial charge in [-0.15, -0.1) is 0 Å². The molecule has 6 heteroatoms. The van der Waals surface area contributed by atoms with E-state index < -0.39 is 11.2 Å². The fourth-order valence-electron chi connectivity index (χ4n) is 8.24. The van der Waals surface area contributed by atoms with E-state index in [2.05, 4.69) is 173 Å². The Morgan fingerprint density at radius 3 is 0.903 bits per heavy atom. The Kier molecular flexibility index (Phi) is 13.5. The molecular formula is C56H60O6. The van der Waals surface area contributed by atoms with E-state index in [9.17, 15) is 0 Å². The van der Waals surface area contributed by atoms with Crippen LogP contribution in [0.25, 0.3) is 22.9 Å². The largest absolute Gasteiger partial charge is 0.494 e. The maximum Gasteiger partial charge on any atom is 0.178 e. The molecule has 2 heterocycles. The highest BCUT2D eigenvalue weighted by Crippen LogP contribution is 2.53. The molecule has 8 rings (SSSR count). The van der Waals surface area contributed by atoms with Crippen molar-refractivity contribution in [1.29, 1.82) is 0 Å². The van der Waals surface area contributed by atoms with Gasteiger partial charge in [-0.25, -0.2) is 0 Å². The van der Waals surface area contributed by atoms with Gasteiger partial charge >= 0.3 is 0 Å². The van der Waals surface area contributed by atoms with Gasteiger partial charge in [-0.3, -0.25) is 0 Å². The quantitative estimate of drug-likeness (QED) is 0.0715. The fraction of sp³-hybridized carbons (Fsp3) is 0.321. The lowest BCUT2D eigenvalue weighted by atomic mass is 9.80. The van der Waals surface area contributed by atoms with Crippen molar-refractivity contribution in [3.8, 4) is 34.5 Å². The van der Waals surface area contributed by atoms with Gasteiger partial charge < -0.3 is 28.4 Å². The summed E-state index contributed by atoms with van der Waals surface area (Å²) in [5, 5.41) is 1.94. The Hall–Kier alpha value is -6.14. The molecule has 320 valence electrons. The number of unbranched alkanes of at least 4 members (excludes halogenated alkanes) is 4. The van der Waals surface area contributed by atoms with Crippen LogP contribution in [0.15, 0.2) is 133 Å². The number of ether oxygens (including phenoxy) is 6. The first-order valence-corrected chi connectivity index (χ1v) is 22.8. The average Bonchev–Trinajstić information content (AvgIpc) is 3.32. The monoisotopic (exact) mass is 828 g/mol. The van der Waals surface area contributed by atoms with Gasteiger partial charge in [0.2, 0.25) is 0 Å². The number of hydrogen-bond donors (Lipinski definition) is 0. The number of benzene rings is 6. The van der Waals surface area contributed by atoms with E-state index in [1.807, 2.05) is 0 Å². The van der Waals surface area contributed by atoms with Gasteiger partial charge in [0.25, 0.3) is 0 Å². The number of rotatable bonds is 20. The molecular weight excluding hydrogens is 769 g/mol. The summed E-state index contributed by atoms with van der Waals surface area (Å²) in [5.41, 5.74) is 4.07. The van der Waals surface area contributed by atoms with E-state index in [1.165, 1.54) is 0 Å². The molecule has 0 N–H and O–H groups in total. The molecule has 6 aromatic carbocycles. The molecule has 0 aromatic heterocycles. The Morgan fingerprint density at radius 2 is 0.645 bits per heavy atom. The minimum atomic E-state index is -0.932. The van der Waals surface area contributed by atoms with Gasteiger partial charge in [0.1, 0.15) is 34.5 Å². The van der Waals surface area contributed by atoms with Gasteiger partial charge in [0, 0.05) is 44.2 Å². The normalized spacial score (nSPS) is 14.3. The van der Waals surface area contributed by atoms with Crippen LogP contribution in [0.5, 0.6) is 34.5 Å². The molecule has 0 atom stereocenters. The van der Waals surface area contributed by atoms with E-state index >= 15 is 0 Å². The summed E-state index contributed by atoms with van der Waals surface area (Å²) in [6, 6.07) is 41.8. The summed E-state index contributed by atoms with van der Waals surface area (Å²) in [4.78, 5) is 0. The minimum absolute atomic E-state index is 0.690. The van der Waals surface area contributed by atoms with Crippen molar-refractivity contribution in [3.63, 3.8) is 0 Å². The number of fused-ring (bicyclic) bond motifs is 6. The van der Waals surface area contributed by atoms with Crippen molar-refractivity contribution in [1.82, 2.24) is 0 Å². The molecule has 0 fully saturated rings. The van der Waals surface area contributed by atoms with Gasteiger partial charge in [-0.2, -0.15) is 0 Å². The van der Waals surface area contributed by atoms with Crippen molar-refractivity contribution in [2.45, 2.75) is 90.3 Å². The highest BCUT2D eigenvalue weighted by atomic mass is 16.5. The Balaban J connectivity index is 1.23. The predicted molar refractivity (Wildman–Crippen MR) is 252 cm³/mol. The van der Waals surface area contributed by atoms with Crippen LogP contribution in [-0.4, -0.2) is 26.4 Å². The minimum Gasteiger partial charge on any atom is -0.494 e. The zero-order valence-electron chi connectivity index (χ0n) is 36.8. The molecule has 2 aliphatic heterocycles. The highest BCUT2D eigenvalue weighted by Gasteiger charge is 2.42. The molecule has 0 saturated heterocycles. The second kappa shape index (κ2) is 19.7. The standard InChI is InChI=1S/C56H60O6/c1-5-9-37-57-45-25-17-41(18-26-45)55(42-19-27-46(28-20-42)58-38-10-6-2)35-33-51-52-34-36-56(43-21-29-47(30-22-43)59-39-11-7-3,44-23-31-48(32-24-44)60-40-12-8-4)62-54(52)50-16-14-13-15-49(50)53(51)61-55/h13-36H,5-12,37-40H2,1-4H3. The third kappa shape index (κ3) is 8.79. The van der Waals surface area contributed by atoms with E-state index in [1.54, 1.807) is 0 Å². The van der Waals surface area contributed by atoms with Crippen LogP contribution in [0.1, 0.15) is 112 Å². The third-order valence-electron chi connectivity index (χ3n) is 11.9. The maximum atomic E-state index is 7.49.